The number of methoxy groups -OCH3 is 1. The highest BCUT2D eigenvalue weighted by molar-refractivity contribution is 6.32. The van der Waals surface area contributed by atoms with Crippen molar-refractivity contribution in [2.75, 3.05) is 33.4 Å². The third kappa shape index (κ3) is 6.96. The summed E-state index contributed by atoms with van der Waals surface area (Å²) >= 11 is 6.24. The molecule has 200 valence electrons. The average molecular weight is 530 g/mol. The number of hydrogen-bond donors (Lipinski definition) is 2. The summed E-state index contributed by atoms with van der Waals surface area (Å²) < 4.78 is 19.5. The zero-order valence-corrected chi connectivity index (χ0v) is 22.4. The van der Waals surface area contributed by atoms with Gasteiger partial charge in [0, 0.05) is 38.6 Å². The number of halogens is 1. The number of aryl methyl sites for hydroxylation is 3. The molecule has 37 heavy (non-hydrogen) atoms. The monoisotopic (exact) mass is 529 g/mol. The van der Waals surface area contributed by atoms with Gasteiger partial charge < -0.3 is 29.0 Å². The van der Waals surface area contributed by atoms with Crippen LogP contribution >= 0.6 is 11.6 Å². The maximum atomic E-state index is 11.3. The normalized spacial score (nSPS) is 20.1. The van der Waals surface area contributed by atoms with Gasteiger partial charge in [0.2, 0.25) is 0 Å². The van der Waals surface area contributed by atoms with Crippen molar-refractivity contribution >= 4 is 11.6 Å². The van der Waals surface area contributed by atoms with Crippen LogP contribution < -0.4 is 14.2 Å². The van der Waals surface area contributed by atoms with Crippen molar-refractivity contribution < 1.29 is 24.4 Å². The van der Waals surface area contributed by atoms with Crippen molar-refractivity contribution in [3.8, 4) is 17.2 Å². The molecule has 8 nitrogen and oxygen atoms in total. The van der Waals surface area contributed by atoms with Crippen molar-refractivity contribution in [2.45, 2.75) is 51.5 Å². The second kappa shape index (κ2) is 12.2. The number of hydrogen-bond acceptors (Lipinski definition) is 7. The molecule has 2 heterocycles. The van der Waals surface area contributed by atoms with E-state index in [1.165, 1.54) is 0 Å². The van der Waals surface area contributed by atoms with E-state index in [1.54, 1.807) is 19.4 Å². The molecular weight excluding hydrogens is 494 g/mol. The molecule has 2 N–H and O–H groups in total. The second-order valence-electron chi connectivity index (χ2n) is 9.70. The summed E-state index contributed by atoms with van der Waals surface area (Å²) in [5.41, 5.74) is 0.623. The highest BCUT2D eigenvalue weighted by Crippen LogP contribution is 2.31. The summed E-state index contributed by atoms with van der Waals surface area (Å²) in [5, 5.41) is 22.3. The molecule has 1 aliphatic rings. The fourth-order valence-electron chi connectivity index (χ4n) is 4.59. The zero-order valence-electron chi connectivity index (χ0n) is 21.7. The lowest BCUT2D eigenvalue weighted by Gasteiger charge is -2.42. The molecule has 0 bridgehead atoms. The number of aliphatic hydroxyl groups is 2. The topological polar surface area (TPSA) is 89.2 Å². The number of likely N-dealkylation sites (tertiary alicyclic amines) is 1. The number of benzene rings is 2. The van der Waals surface area contributed by atoms with Gasteiger partial charge in [0.25, 0.3) is 0 Å². The summed E-state index contributed by atoms with van der Waals surface area (Å²) in [6.45, 7) is 6.81. The Kier molecular flexibility index (Phi) is 8.97. The summed E-state index contributed by atoms with van der Waals surface area (Å²) in [4.78, 5) is 6.35. The minimum Gasteiger partial charge on any atom is -0.493 e. The van der Waals surface area contributed by atoms with Crippen LogP contribution in [0.3, 0.4) is 0 Å². The Hall–Kier alpha value is -2.78. The van der Waals surface area contributed by atoms with E-state index in [0.717, 1.165) is 29.9 Å². The fourth-order valence-corrected chi connectivity index (χ4v) is 4.76. The predicted molar refractivity (Wildman–Crippen MR) is 143 cm³/mol. The number of aromatic nitrogens is 2. The lowest BCUT2D eigenvalue weighted by molar-refractivity contribution is -0.140. The number of imidazole rings is 1. The number of ether oxygens (including phenoxy) is 3. The first kappa shape index (κ1) is 27.3. The van der Waals surface area contributed by atoms with Gasteiger partial charge in [0.15, 0.2) is 11.5 Å². The minimum absolute atomic E-state index is 0.0530. The SMILES string of the molecule is COc1cc(CN2CC[C@H](O)[C@@](O)(COc3cc(C)ccc3Cl)C2)ccc1OCCCn1ccnc1C. The first-order valence-corrected chi connectivity index (χ1v) is 12.9. The summed E-state index contributed by atoms with van der Waals surface area (Å²) in [6, 6.07) is 11.4. The zero-order chi connectivity index (χ0) is 26.4. The third-order valence-corrected chi connectivity index (χ3v) is 7.07. The van der Waals surface area contributed by atoms with Crippen LogP contribution in [0.4, 0.5) is 0 Å². The maximum absolute atomic E-state index is 11.3. The van der Waals surface area contributed by atoms with Crippen LogP contribution in [-0.4, -0.2) is 69.8 Å². The van der Waals surface area contributed by atoms with E-state index < -0.39 is 11.7 Å². The van der Waals surface area contributed by atoms with Crippen molar-refractivity contribution in [3.63, 3.8) is 0 Å². The first-order valence-electron chi connectivity index (χ1n) is 12.6. The molecule has 9 heteroatoms. The first-order chi connectivity index (χ1) is 17.8. The molecule has 0 aliphatic carbocycles. The molecule has 0 spiro atoms. The number of aliphatic hydroxyl groups excluding tert-OH is 1. The summed E-state index contributed by atoms with van der Waals surface area (Å²) in [6.07, 6.45) is 4.18. The Balaban J connectivity index is 1.33. The largest absolute Gasteiger partial charge is 0.493 e. The highest BCUT2D eigenvalue weighted by atomic mass is 35.5. The van der Waals surface area contributed by atoms with Gasteiger partial charge in [-0.15, -0.1) is 0 Å². The molecule has 0 saturated carbocycles. The quantitative estimate of drug-likeness (QED) is 0.363. The van der Waals surface area contributed by atoms with E-state index >= 15 is 0 Å². The highest BCUT2D eigenvalue weighted by Gasteiger charge is 2.42. The van der Waals surface area contributed by atoms with Crippen LogP contribution in [0.5, 0.6) is 17.2 Å². The van der Waals surface area contributed by atoms with Crippen LogP contribution in [0, 0.1) is 13.8 Å². The number of rotatable bonds is 11. The number of piperidine rings is 1. The molecule has 1 aromatic heterocycles. The third-order valence-electron chi connectivity index (χ3n) is 6.76. The minimum atomic E-state index is -1.41. The standard InChI is InChI=1S/C28H36ClN3O5/c1-20-5-7-23(29)25(15-20)37-19-28(34)18-31(12-9-27(28)33)17-22-6-8-24(26(16-22)35-3)36-14-4-11-32-13-10-30-21(32)2/h5-8,10,13,15-16,27,33-34H,4,9,11-12,14,17-19H2,1-3H3/t27-,28-/m0/s1. The smallest absolute Gasteiger partial charge is 0.161 e. The van der Waals surface area contributed by atoms with E-state index in [-0.39, 0.29) is 13.2 Å². The van der Waals surface area contributed by atoms with E-state index in [1.807, 2.05) is 50.4 Å². The molecule has 0 amide bonds. The molecule has 1 saturated heterocycles. The van der Waals surface area contributed by atoms with Gasteiger partial charge in [0.05, 0.1) is 24.8 Å². The van der Waals surface area contributed by atoms with Crippen LogP contribution in [0.2, 0.25) is 5.02 Å². The van der Waals surface area contributed by atoms with Gasteiger partial charge in [0.1, 0.15) is 23.8 Å². The van der Waals surface area contributed by atoms with Gasteiger partial charge in [-0.3, -0.25) is 4.90 Å². The molecule has 0 radical (unpaired) electrons. The Morgan fingerprint density at radius 3 is 2.70 bits per heavy atom. The molecule has 0 unspecified atom stereocenters. The Labute approximate surface area is 223 Å². The molecule has 2 atom stereocenters. The maximum Gasteiger partial charge on any atom is 0.161 e. The molecule has 1 fully saturated rings. The van der Waals surface area contributed by atoms with Gasteiger partial charge in [-0.2, -0.15) is 0 Å². The fraction of sp³-hybridized carbons (Fsp3) is 0.464. The van der Waals surface area contributed by atoms with Crippen molar-refractivity contribution in [1.29, 1.82) is 0 Å². The van der Waals surface area contributed by atoms with E-state index in [9.17, 15) is 10.2 Å². The van der Waals surface area contributed by atoms with Crippen LogP contribution in [0.1, 0.15) is 29.8 Å². The van der Waals surface area contributed by atoms with E-state index in [2.05, 4.69) is 14.5 Å². The van der Waals surface area contributed by atoms with Crippen LogP contribution in [-0.2, 0) is 13.1 Å². The van der Waals surface area contributed by atoms with Crippen LogP contribution in [0.25, 0.3) is 0 Å². The van der Waals surface area contributed by atoms with Crippen molar-refractivity contribution in [1.82, 2.24) is 14.5 Å². The molecule has 3 aromatic rings. The summed E-state index contributed by atoms with van der Waals surface area (Å²) in [5.74, 6) is 2.85. The Morgan fingerprint density at radius 2 is 1.95 bits per heavy atom. The van der Waals surface area contributed by atoms with Gasteiger partial charge >= 0.3 is 0 Å². The molecule has 2 aromatic carbocycles. The van der Waals surface area contributed by atoms with Crippen molar-refractivity contribution in [2.24, 2.45) is 0 Å². The molecular formula is C28H36ClN3O5. The lowest BCUT2D eigenvalue weighted by Crippen LogP contribution is -2.59. The van der Waals surface area contributed by atoms with Gasteiger partial charge in [-0.1, -0.05) is 23.7 Å². The number of nitrogens with zero attached hydrogens (tertiary/aromatic N) is 3. The van der Waals surface area contributed by atoms with E-state index in [4.69, 9.17) is 25.8 Å². The second-order valence-corrected chi connectivity index (χ2v) is 10.1. The van der Waals surface area contributed by atoms with Gasteiger partial charge in [-0.25, -0.2) is 4.98 Å². The molecule has 4 rings (SSSR count). The lowest BCUT2D eigenvalue weighted by atomic mass is 9.90. The van der Waals surface area contributed by atoms with Crippen LogP contribution in [0.15, 0.2) is 48.8 Å². The average Bonchev–Trinajstić information content (AvgIpc) is 3.29. The Bertz CT molecular complexity index is 1190. The Morgan fingerprint density at radius 1 is 1.11 bits per heavy atom. The molecule has 1 aliphatic heterocycles. The van der Waals surface area contributed by atoms with E-state index in [0.29, 0.717) is 48.4 Å². The predicted octanol–water partition coefficient (Wildman–Crippen LogP) is 4.01. The van der Waals surface area contributed by atoms with Crippen molar-refractivity contribution in [3.05, 3.63) is 70.8 Å². The summed E-state index contributed by atoms with van der Waals surface area (Å²) in [7, 11) is 1.63. The number of β-amino-alcohol motifs (C(OH)–C–C–N with tert-alkyl or cyclic N) is 1. The van der Waals surface area contributed by atoms with Gasteiger partial charge in [-0.05, 0) is 62.1 Å².